The zero-order valence-electron chi connectivity index (χ0n) is 11.7. The van der Waals surface area contributed by atoms with Crippen LogP contribution in [0.15, 0.2) is 59.1 Å². The molecule has 1 aliphatic carbocycles. The van der Waals surface area contributed by atoms with E-state index in [0.29, 0.717) is 12.1 Å². The maximum atomic E-state index is 3.74. The van der Waals surface area contributed by atoms with Crippen molar-refractivity contribution in [1.82, 2.24) is 5.32 Å². The molecule has 0 heterocycles. The Morgan fingerprint density at radius 2 is 1.65 bits per heavy atom. The molecule has 0 saturated heterocycles. The molecule has 3 rings (SSSR count). The summed E-state index contributed by atoms with van der Waals surface area (Å²) in [6, 6.07) is 20.5. The lowest BCUT2D eigenvalue weighted by Crippen LogP contribution is -2.41. The van der Waals surface area contributed by atoms with Crippen molar-refractivity contribution in [1.29, 1.82) is 0 Å². The lowest BCUT2D eigenvalue weighted by Gasteiger charge is -2.38. The van der Waals surface area contributed by atoms with Gasteiger partial charge in [-0.2, -0.15) is 0 Å². The van der Waals surface area contributed by atoms with Gasteiger partial charge in [-0.25, -0.2) is 0 Å². The van der Waals surface area contributed by atoms with Crippen LogP contribution in [0.5, 0.6) is 0 Å². The molecule has 0 spiro atoms. The van der Waals surface area contributed by atoms with Gasteiger partial charge >= 0.3 is 0 Å². The van der Waals surface area contributed by atoms with Crippen LogP contribution in [0.1, 0.15) is 42.9 Å². The normalized spacial score (nSPS) is 23.1. The second kappa shape index (κ2) is 6.11. The van der Waals surface area contributed by atoms with Crippen LogP contribution in [0, 0.1) is 0 Å². The Morgan fingerprint density at radius 3 is 2.30 bits per heavy atom. The molecule has 1 saturated carbocycles. The third-order valence-corrected chi connectivity index (χ3v) is 4.79. The van der Waals surface area contributed by atoms with E-state index in [1.54, 1.807) is 0 Å². The third kappa shape index (κ3) is 3.13. The van der Waals surface area contributed by atoms with Crippen molar-refractivity contribution >= 4 is 15.9 Å². The molecule has 1 N–H and O–H groups in total. The second-order valence-electron chi connectivity index (χ2n) is 5.72. The molecule has 104 valence electrons. The minimum atomic E-state index is 0.421. The molecule has 0 aliphatic heterocycles. The Hall–Kier alpha value is -1.12. The second-order valence-corrected chi connectivity index (χ2v) is 6.63. The fraction of sp³-hybridized carbons (Fsp3) is 0.333. The number of rotatable bonds is 4. The van der Waals surface area contributed by atoms with Gasteiger partial charge in [-0.05, 0) is 48.9 Å². The van der Waals surface area contributed by atoms with Gasteiger partial charge < -0.3 is 5.32 Å². The minimum Gasteiger partial charge on any atom is -0.307 e. The molecule has 2 aromatic carbocycles. The highest BCUT2D eigenvalue weighted by atomic mass is 79.9. The van der Waals surface area contributed by atoms with Gasteiger partial charge in [-0.3, -0.25) is 0 Å². The van der Waals surface area contributed by atoms with Crippen molar-refractivity contribution in [2.45, 2.75) is 37.8 Å². The molecule has 0 bridgehead atoms. The van der Waals surface area contributed by atoms with Gasteiger partial charge in [-0.15, -0.1) is 0 Å². The molecule has 0 unspecified atom stereocenters. The van der Waals surface area contributed by atoms with E-state index >= 15 is 0 Å². The Bertz CT molecular complexity index is 543. The summed E-state index contributed by atoms with van der Waals surface area (Å²) in [5.74, 6) is 0.741. The summed E-state index contributed by atoms with van der Waals surface area (Å²) in [6.45, 7) is 2.25. The molecule has 20 heavy (non-hydrogen) atoms. The van der Waals surface area contributed by atoms with Gasteiger partial charge in [0.05, 0.1) is 0 Å². The fourth-order valence-corrected chi connectivity index (χ4v) is 3.22. The van der Waals surface area contributed by atoms with Crippen LogP contribution in [0.25, 0.3) is 0 Å². The van der Waals surface area contributed by atoms with E-state index in [1.165, 1.54) is 24.0 Å². The lowest BCUT2D eigenvalue weighted by atomic mass is 9.75. The Kier molecular flexibility index (Phi) is 4.23. The SMILES string of the molecule is C[C@@H](NC1CC(c2ccccc2)C1)c1ccc(Br)cc1. The molecule has 0 aromatic heterocycles. The summed E-state index contributed by atoms with van der Waals surface area (Å²) >= 11 is 3.48. The van der Waals surface area contributed by atoms with E-state index in [4.69, 9.17) is 0 Å². The van der Waals surface area contributed by atoms with Crippen molar-refractivity contribution in [3.05, 3.63) is 70.2 Å². The first-order chi connectivity index (χ1) is 9.72. The predicted molar refractivity (Wildman–Crippen MR) is 87.9 cm³/mol. The summed E-state index contributed by atoms with van der Waals surface area (Å²) < 4.78 is 1.14. The first kappa shape index (κ1) is 13.8. The zero-order chi connectivity index (χ0) is 13.9. The van der Waals surface area contributed by atoms with E-state index in [1.807, 2.05) is 0 Å². The zero-order valence-corrected chi connectivity index (χ0v) is 13.3. The number of benzene rings is 2. The number of halogens is 1. The highest BCUT2D eigenvalue weighted by Crippen LogP contribution is 2.37. The van der Waals surface area contributed by atoms with Crippen LogP contribution in [-0.2, 0) is 0 Å². The largest absolute Gasteiger partial charge is 0.307 e. The summed E-state index contributed by atoms with van der Waals surface area (Å²) in [5, 5.41) is 3.74. The molecule has 2 heteroatoms. The highest BCUT2D eigenvalue weighted by molar-refractivity contribution is 9.10. The van der Waals surface area contributed by atoms with Gasteiger partial charge in [0.2, 0.25) is 0 Å². The first-order valence-electron chi connectivity index (χ1n) is 7.29. The molecule has 1 fully saturated rings. The first-order valence-corrected chi connectivity index (χ1v) is 8.08. The van der Waals surface area contributed by atoms with Crippen molar-refractivity contribution in [2.75, 3.05) is 0 Å². The molecule has 0 amide bonds. The molecule has 2 aromatic rings. The molecule has 1 atom stereocenters. The maximum absolute atomic E-state index is 3.74. The van der Waals surface area contributed by atoms with Crippen LogP contribution < -0.4 is 5.32 Å². The smallest absolute Gasteiger partial charge is 0.0294 e. The average molecular weight is 330 g/mol. The van der Waals surface area contributed by atoms with Crippen LogP contribution in [-0.4, -0.2) is 6.04 Å². The summed E-state index contributed by atoms with van der Waals surface area (Å²) in [5.41, 5.74) is 2.85. The van der Waals surface area contributed by atoms with Crippen LogP contribution >= 0.6 is 15.9 Å². The minimum absolute atomic E-state index is 0.421. The Balaban J connectivity index is 1.52. The Morgan fingerprint density at radius 1 is 1.00 bits per heavy atom. The van der Waals surface area contributed by atoms with Gasteiger partial charge in [0.15, 0.2) is 0 Å². The predicted octanol–water partition coefficient (Wildman–Crippen LogP) is 5.05. The molecule has 0 radical (unpaired) electrons. The van der Waals surface area contributed by atoms with E-state index in [9.17, 15) is 0 Å². The van der Waals surface area contributed by atoms with E-state index in [2.05, 4.69) is 82.8 Å². The highest BCUT2D eigenvalue weighted by Gasteiger charge is 2.30. The van der Waals surface area contributed by atoms with E-state index < -0.39 is 0 Å². The number of hydrogen-bond donors (Lipinski definition) is 1. The van der Waals surface area contributed by atoms with Gasteiger partial charge in [0.25, 0.3) is 0 Å². The van der Waals surface area contributed by atoms with Gasteiger partial charge in [0.1, 0.15) is 0 Å². The van der Waals surface area contributed by atoms with Crippen LogP contribution in [0.2, 0.25) is 0 Å². The van der Waals surface area contributed by atoms with E-state index in [0.717, 1.165) is 10.4 Å². The summed E-state index contributed by atoms with van der Waals surface area (Å²) in [7, 11) is 0. The fourth-order valence-electron chi connectivity index (χ4n) is 2.95. The molecular formula is C18H20BrN. The Labute approximate surface area is 129 Å². The van der Waals surface area contributed by atoms with Crippen molar-refractivity contribution < 1.29 is 0 Å². The average Bonchev–Trinajstić information content (AvgIpc) is 2.44. The standard InChI is InChI=1S/C18H20BrN/c1-13(14-7-9-17(19)10-8-14)20-18-11-16(12-18)15-5-3-2-4-6-15/h2-10,13,16,18,20H,11-12H2,1H3/t13-,16?,18?/m1/s1. The molecular weight excluding hydrogens is 310 g/mol. The number of nitrogens with one attached hydrogen (secondary N) is 1. The third-order valence-electron chi connectivity index (χ3n) is 4.26. The van der Waals surface area contributed by atoms with Gasteiger partial charge in [-0.1, -0.05) is 58.4 Å². The number of hydrogen-bond acceptors (Lipinski definition) is 1. The van der Waals surface area contributed by atoms with E-state index in [-0.39, 0.29) is 0 Å². The van der Waals surface area contributed by atoms with Gasteiger partial charge in [0, 0.05) is 16.6 Å². The topological polar surface area (TPSA) is 12.0 Å². The quantitative estimate of drug-likeness (QED) is 0.827. The van der Waals surface area contributed by atoms with Crippen molar-refractivity contribution in [3.8, 4) is 0 Å². The van der Waals surface area contributed by atoms with Crippen LogP contribution in [0.3, 0.4) is 0 Å². The summed E-state index contributed by atoms with van der Waals surface area (Å²) in [6.07, 6.45) is 2.51. The lowest BCUT2D eigenvalue weighted by molar-refractivity contribution is 0.271. The molecule has 1 aliphatic rings. The molecule has 1 nitrogen and oxygen atoms in total. The summed E-state index contributed by atoms with van der Waals surface area (Å²) in [4.78, 5) is 0. The van der Waals surface area contributed by atoms with Crippen molar-refractivity contribution in [2.24, 2.45) is 0 Å². The monoisotopic (exact) mass is 329 g/mol. The van der Waals surface area contributed by atoms with Crippen LogP contribution in [0.4, 0.5) is 0 Å². The maximum Gasteiger partial charge on any atom is 0.0294 e. The van der Waals surface area contributed by atoms with Crippen molar-refractivity contribution in [3.63, 3.8) is 0 Å².